The zero-order valence-corrected chi connectivity index (χ0v) is 11.3. The van der Waals surface area contributed by atoms with Crippen LogP contribution in [0.25, 0.3) is 0 Å². The average molecular weight is 268 g/mol. The highest BCUT2D eigenvalue weighted by atomic mass is 32.1. The Labute approximate surface area is 117 Å². The number of nitrogens with zero attached hydrogens (tertiary/aromatic N) is 2. The van der Waals surface area contributed by atoms with Crippen LogP contribution in [0.1, 0.15) is 15.9 Å². The number of hydrogen-bond acceptors (Lipinski definition) is 3. The molecule has 94 valence electrons. The molecule has 0 N–H and O–H groups in total. The standard InChI is InChI=1S/C15H12N2OS/c1-17(13-8-4-2-6-11(13)10-16)15(18)12-7-3-5-9-14(12)19/h2-9,19H,1H3. The molecule has 2 rings (SSSR count). The van der Waals surface area contributed by atoms with Gasteiger partial charge in [0.1, 0.15) is 6.07 Å². The smallest absolute Gasteiger partial charge is 0.259 e. The molecule has 0 aliphatic heterocycles. The molecule has 2 aromatic rings. The lowest BCUT2D eigenvalue weighted by Gasteiger charge is -2.19. The number of hydrogen-bond donors (Lipinski definition) is 1. The Morgan fingerprint density at radius 2 is 1.79 bits per heavy atom. The van der Waals surface area contributed by atoms with E-state index in [-0.39, 0.29) is 5.91 Å². The van der Waals surface area contributed by atoms with Gasteiger partial charge < -0.3 is 4.90 Å². The predicted molar refractivity (Wildman–Crippen MR) is 77.6 cm³/mol. The van der Waals surface area contributed by atoms with Crippen molar-refractivity contribution >= 4 is 24.2 Å². The number of carbonyl (C=O) groups excluding carboxylic acids is 1. The number of amides is 1. The van der Waals surface area contributed by atoms with Crippen molar-refractivity contribution in [1.82, 2.24) is 0 Å². The van der Waals surface area contributed by atoms with Crippen molar-refractivity contribution in [2.75, 3.05) is 11.9 Å². The van der Waals surface area contributed by atoms with E-state index in [1.807, 2.05) is 6.07 Å². The normalized spacial score (nSPS) is 9.74. The molecule has 0 saturated heterocycles. The van der Waals surface area contributed by atoms with Crippen LogP contribution in [0.3, 0.4) is 0 Å². The van der Waals surface area contributed by atoms with E-state index < -0.39 is 0 Å². The molecule has 0 bridgehead atoms. The molecule has 2 aromatic carbocycles. The van der Waals surface area contributed by atoms with Gasteiger partial charge >= 0.3 is 0 Å². The largest absolute Gasteiger partial charge is 0.310 e. The number of nitriles is 1. The molecule has 0 radical (unpaired) electrons. The van der Waals surface area contributed by atoms with Gasteiger partial charge in [0.05, 0.1) is 16.8 Å². The summed E-state index contributed by atoms with van der Waals surface area (Å²) in [7, 11) is 1.65. The summed E-state index contributed by atoms with van der Waals surface area (Å²) in [5.41, 5.74) is 1.57. The number of carbonyl (C=O) groups is 1. The van der Waals surface area contributed by atoms with Gasteiger partial charge in [-0.05, 0) is 24.3 Å². The molecule has 0 aromatic heterocycles. The number of benzene rings is 2. The SMILES string of the molecule is CN(C(=O)c1ccccc1S)c1ccccc1C#N. The van der Waals surface area contributed by atoms with E-state index in [1.54, 1.807) is 49.5 Å². The lowest BCUT2D eigenvalue weighted by atomic mass is 10.1. The maximum atomic E-state index is 12.4. The molecule has 3 nitrogen and oxygen atoms in total. The van der Waals surface area contributed by atoms with Crippen LogP contribution in [0.2, 0.25) is 0 Å². The van der Waals surface area contributed by atoms with E-state index >= 15 is 0 Å². The minimum absolute atomic E-state index is 0.187. The van der Waals surface area contributed by atoms with Crippen LogP contribution in [0.5, 0.6) is 0 Å². The van der Waals surface area contributed by atoms with Crippen LogP contribution in [0, 0.1) is 11.3 Å². The van der Waals surface area contributed by atoms with E-state index in [4.69, 9.17) is 5.26 Å². The summed E-state index contributed by atoms with van der Waals surface area (Å²) < 4.78 is 0. The number of anilines is 1. The molecular formula is C15H12N2OS. The minimum Gasteiger partial charge on any atom is -0.310 e. The maximum absolute atomic E-state index is 12.4. The number of rotatable bonds is 2. The Balaban J connectivity index is 2.40. The predicted octanol–water partition coefficient (Wildman–Crippen LogP) is 3.12. The molecule has 1 amide bonds. The number of thiol groups is 1. The lowest BCUT2D eigenvalue weighted by molar-refractivity contribution is 0.0990. The molecule has 0 spiro atoms. The summed E-state index contributed by atoms with van der Waals surface area (Å²) in [5.74, 6) is -0.187. The van der Waals surface area contributed by atoms with Crippen molar-refractivity contribution in [1.29, 1.82) is 5.26 Å². The van der Waals surface area contributed by atoms with Crippen LogP contribution >= 0.6 is 12.6 Å². The fourth-order valence-corrected chi connectivity index (χ4v) is 2.06. The first kappa shape index (κ1) is 13.2. The third-order valence-electron chi connectivity index (χ3n) is 2.82. The second-order valence-electron chi connectivity index (χ2n) is 4.01. The Kier molecular flexibility index (Phi) is 3.88. The fourth-order valence-electron chi connectivity index (χ4n) is 1.81. The Morgan fingerprint density at radius 3 is 2.47 bits per heavy atom. The molecule has 0 fully saturated rings. The molecule has 0 aliphatic carbocycles. The first-order valence-electron chi connectivity index (χ1n) is 5.70. The van der Waals surface area contributed by atoms with Crippen LogP contribution in [-0.4, -0.2) is 13.0 Å². The fraction of sp³-hybridized carbons (Fsp3) is 0.0667. The zero-order valence-electron chi connectivity index (χ0n) is 10.4. The van der Waals surface area contributed by atoms with Gasteiger partial charge in [-0.25, -0.2) is 0 Å². The second-order valence-corrected chi connectivity index (χ2v) is 4.49. The Bertz CT molecular complexity index is 661. The van der Waals surface area contributed by atoms with Crippen molar-refractivity contribution in [3.8, 4) is 6.07 Å². The third-order valence-corrected chi connectivity index (χ3v) is 3.21. The van der Waals surface area contributed by atoms with Gasteiger partial charge in [-0.1, -0.05) is 24.3 Å². The highest BCUT2D eigenvalue weighted by molar-refractivity contribution is 7.80. The summed E-state index contributed by atoms with van der Waals surface area (Å²) in [6.45, 7) is 0. The average Bonchev–Trinajstić information content (AvgIpc) is 2.46. The minimum atomic E-state index is -0.187. The van der Waals surface area contributed by atoms with Crippen molar-refractivity contribution in [2.24, 2.45) is 0 Å². The van der Waals surface area contributed by atoms with Crippen LogP contribution < -0.4 is 4.90 Å². The van der Waals surface area contributed by atoms with Gasteiger partial charge in [-0.2, -0.15) is 5.26 Å². The summed E-state index contributed by atoms with van der Waals surface area (Å²) in [5, 5.41) is 9.07. The molecule has 0 saturated carbocycles. The van der Waals surface area contributed by atoms with E-state index in [9.17, 15) is 4.79 Å². The number of para-hydroxylation sites is 1. The van der Waals surface area contributed by atoms with Crippen LogP contribution in [0.15, 0.2) is 53.4 Å². The molecule has 0 heterocycles. The van der Waals surface area contributed by atoms with Gasteiger partial charge in [0.25, 0.3) is 5.91 Å². The quantitative estimate of drug-likeness (QED) is 0.850. The van der Waals surface area contributed by atoms with Crippen molar-refractivity contribution < 1.29 is 4.79 Å². The van der Waals surface area contributed by atoms with Gasteiger partial charge in [0.15, 0.2) is 0 Å². The lowest BCUT2D eigenvalue weighted by Crippen LogP contribution is -2.27. The topological polar surface area (TPSA) is 44.1 Å². The second kappa shape index (κ2) is 5.59. The third kappa shape index (κ3) is 2.61. The first-order chi connectivity index (χ1) is 9.15. The molecule has 19 heavy (non-hydrogen) atoms. The van der Waals surface area contributed by atoms with Crippen molar-refractivity contribution in [2.45, 2.75) is 4.90 Å². The molecule has 0 atom stereocenters. The molecule has 4 heteroatoms. The van der Waals surface area contributed by atoms with E-state index in [0.29, 0.717) is 21.7 Å². The summed E-state index contributed by atoms with van der Waals surface area (Å²) in [6, 6.07) is 16.2. The zero-order chi connectivity index (χ0) is 13.8. The Hall–Kier alpha value is -2.25. The maximum Gasteiger partial charge on any atom is 0.259 e. The van der Waals surface area contributed by atoms with E-state index in [0.717, 1.165) is 0 Å². The van der Waals surface area contributed by atoms with Crippen LogP contribution in [-0.2, 0) is 0 Å². The summed E-state index contributed by atoms with van der Waals surface area (Å²) in [4.78, 5) is 14.5. The first-order valence-corrected chi connectivity index (χ1v) is 6.15. The highest BCUT2D eigenvalue weighted by Crippen LogP contribution is 2.22. The van der Waals surface area contributed by atoms with Gasteiger partial charge in [0.2, 0.25) is 0 Å². The highest BCUT2D eigenvalue weighted by Gasteiger charge is 2.17. The molecule has 0 unspecified atom stereocenters. The monoisotopic (exact) mass is 268 g/mol. The summed E-state index contributed by atoms with van der Waals surface area (Å²) >= 11 is 4.28. The van der Waals surface area contributed by atoms with Gasteiger partial charge in [-0.3, -0.25) is 4.79 Å². The summed E-state index contributed by atoms with van der Waals surface area (Å²) in [6.07, 6.45) is 0. The Morgan fingerprint density at radius 1 is 1.16 bits per heavy atom. The van der Waals surface area contributed by atoms with Crippen LogP contribution in [0.4, 0.5) is 5.69 Å². The molecular weight excluding hydrogens is 256 g/mol. The van der Waals surface area contributed by atoms with Crippen molar-refractivity contribution in [3.05, 3.63) is 59.7 Å². The van der Waals surface area contributed by atoms with E-state index in [1.165, 1.54) is 4.90 Å². The van der Waals surface area contributed by atoms with Gasteiger partial charge in [-0.15, -0.1) is 12.6 Å². The van der Waals surface area contributed by atoms with Gasteiger partial charge in [0, 0.05) is 11.9 Å². The van der Waals surface area contributed by atoms with E-state index in [2.05, 4.69) is 18.7 Å². The molecule has 0 aliphatic rings. The van der Waals surface area contributed by atoms with Crippen molar-refractivity contribution in [3.63, 3.8) is 0 Å².